The molecule has 1 aromatic rings. The quantitative estimate of drug-likeness (QED) is 0.733. The normalized spacial score (nSPS) is 12.6. The number of nitrogens with one attached hydrogen (secondary N) is 2. The summed E-state index contributed by atoms with van der Waals surface area (Å²) in [6.45, 7) is 2.96. The Morgan fingerprint density at radius 2 is 1.86 bits per heavy atom. The molecule has 0 aliphatic carbocycles. The highest BCUT2D eigenvalue weighted by Crippen LogP contribution is 2.12. The predicted octanol–water partition coefficient (Wildman–Crippen LogP) is 1.38. The summed E-state index contributed by atoms with van der Waals surface area (Å²) in [6, 6.07) is 6.80. The first kappa shape index (κ1) is 17.2. The van der Waals surface area contributed by atoms with Gasteiger partial charge in [0, 0.05) is 30.5 Å². The highest BCUT2D eigenvalue weighted by atomic mass is 16.4. The molecule has 22 heavy (non-hydrogen) atoms. The smallest absolute Gasteiger partial charge is 0.326 e. The van der Waals surface area contributed by atoms with Crippen molar-refractivity contribution in [2.24, 2.45) is 5.92 Å². The molecule has 0 saturated carbocycles. The average Bonchev–Trinajstić information content (AvgIpc) is 2.44. The van der Waals surface area contributed by atoms with Gasteiger partial charge in [0.1, 0.15) is 6.04 Å². The number of hydrogen-bond acceptors (Lipinski definition) is 4. The van der Waals surface area contributed by atoms with E-state index in [0.717, 1.165) is 0 Å². The van der Waals surface area contributed by atoms with E-state index in [1.165, 1.54) is 19.1 Å². The number of rotatable bonds is 6. The van der Waals surface area contributed by atoms with Gasteiger partial charge < -0.3 is 15.7 Å². The summed E-state index contributed by atoms with van der Waals surface area (Å²) in [5.74, 6) is -2.48. The maximum atomic E-state index is 12.1. The summed E-state index contributed by atoms with van der Waals surface area (Å²) < 4.78 is 0. The molecule has 1 rings (SSSR count). The van der Waals surface area contributed by atoms with Crippen LogP contribution in [0.2, 0.25) is 0 Å². The van der Waals surface area contributed by atoms with E-state index in [4.69, 9.17) is 10.4 Å². The number of nitrogens with zero attached hydrogens (tertiary/aromatic N) is 1. The fourth-order valence-electron chi connectivity index (χ4n) is 1.84. The van der Waals surface area contributed by atoms with E-state index < -0.39 is 23.8 Å². The maximum absolute atomic E-state index is 12.1. The number of carbonyl (C=O) groups excluding carboxylic acids is 2. The first-order chi connectivity index (χ1) is 10.3. The van der Waals surface area contributed by atoms with Gasteiger partial charge in [0.05, 0.1) is 6.07 Å². The SMILES string of the molecule is CC(=O)Nc1ccc(C(=O)N[C@@H](C(=O)O)[C@@H](C)CC#N)cc1. The number of anilines is 1. The molecular formula is C15H17N3O4. The van der Waals surface area contributed by atoms with Crippen LogP contribution in [0.15, 0.2) is 24.3 Å². The third kappa shape index (κ3) is 4.90. The number of nitriles is 1. The van der Waals surface area contributed by atoms with Gasteiger partial charge in [-0.2, -0.15) is 5.26 Å². The molecule has 0 fully saturated rings. The standard InChI is InChI=1S/C15H17N3O4/c1-9(7-8-16)13(15(21)22)18-14(20)11-3-5-12(6-4-11)17-10(2)19/h3-6,9,13H,7H2,1-2H3,(H,17,19)(H,18,20)(H,21,22)/t9-,13+/m0/s1. The number of hydrogen-bond donors (Lipinski definition) is 3. The van der Waals surface area contributed by atoms with Crippen LogP contribution in [0, 0.1) is 17.2 Å². The maximum Gasteiger partial charge on any atom is 0.326 e. The Morgan fingerprint density at radius 1 is 1.27 bits per heavy atom. The van der Waals surface area contributed by atoms with Crippen molar-refractivity contribution in [3.63, 3.8) is 0 Å². The molecule has 0 spiro atoms. The van der Waals surface area contributed by atoms with Gasteiger partial charge in [-0.05, 0) is 24.3 Å². The predicted molar refractivity (Wildman–Crippen MR) is 79.0 cm³/mol. The lowest BCUT2D eigenvalue weighted by molar-refractivity contribution is -0.140. The van der Waals surface area contributed by atoms with Crippen LogP contribution in [-0.2, 0) is 9.59 Å². The molecule has 1 aromatic carbocycles. The molecule has 0 unspecified atom stereocenters. The van der Waals surface area contributed by atoms with Crippen molar-refractivity contribution >= 4 is 23.5 Å². The molecule has 0 saturated heterocycles. The number of aliphatic carboxylic acids is 1. The third-order valence-corrected chi connectivity index (χ3v) is 3.00. The summed E-state index contributed by atoms with van der Waals surface area (Å²) in [5, 5.41) is 22.7. The molecule has 3 N–H and O–H groups in total. The highest BCUT2D eigenvalue weighted by molar-refractivity contribution is 5.97. The molecular weight excluding hydrogens is 286 g/mol. The van der Waals surface area contributed by atoms with Gasteiger partial charge >= 0.3 is 5.97 Å². The van der Waals surface area contributed by atoms with Gasteiger partial charge in [-0.25, -0.2) is 4.79 Å². The fraction of sp³-hybridized carbons (Fsp3) is 0.333. The van der Waals surface area contributed by atoms with Crippen LogP contribution in [0.3, 0.4) is 0 Å². The van der Waals surface area contributed by atoms with E-state index in [-0.39, 0.29) is 17.9 Å². The minimum atomic E-state index is -1.19. The van der Waals surface area contributed by atoms with Crippen LogP contribution in [0.25, 0.3) is 0 Å². The van der Waals surface area contributed by atoms with Gasteiger partial charge in [0.15, 0.2) is 0 Å². The minimum absolute atomic E-state index is 0.0265. The van der Waals surface area contributed by atoms with E-state index in [0.29, 0.717) is 5.69 Å². The third-order valence-electron chi connectivity index (χ3n) is 3.00. The van der Waals surface area contributed by atoms with Crippen LogP contribution >= 0.6 is 0 Å². The van der Waals surface area contributed by atoms with Crippen LogP contribution in [0.1, 0.15) is 30.6 Å². The van der Waals surface area contributed by atoms with Crippen LogP contribution < -0.4 is 10.6 Å². The number of amides is 2. The molecule has 2 amide bonds. The second kappa shape index (κ2) is 7.78. The first-order valence-electron chi connectivity index (χ1n) is 6.63. The molecule has 0 aromatic heterocycles. The van der Waals surface area contributed by atoms with Crippen molar-refractivity contribution in [1.29, 1.82) is 5.26 Å². The summed E-state index contributed by atoms with van der Waals surface area (Å²) in [5.41, 5.74) is 0.807. The number of carboxylic acid groups (broad SMARTS) is 1. The van der Waals surface area contributed by atoms with Gasteiger partial charge in [-0.1, -0.05) is 6.92 Å². The Kier molecular flexibility index (Phi) is 6.08. The molecule has 0 radical (unpaired) electrons. The molecule has 2 atom stereocenters. The van der Waals surface area contributed by atoms with E-state index in [1.54, 1.807) is 19.1 Å². The molecule has 0 aliphatic heterocycles. The number of benzene rings is 1. The lowest BCUT2D eigenvalue weighted by Gasteiger charge is -2.19. The second-order valence-electron chi connectivity index (χ2n) is 4.89. The van der Waals surface area contributed by atoms with Crippen molar-refractivity contribution < 1.29 is 19.5 Å². The summed E-state index contributed by atoms with van der Waals surface area (Å²) in [6.07, 6.45) is 0.0265. The number of carbonyl (C=O) groups is 3. The largest absolute Gasteiger partial charge is 0.480 e. The lowest BCUT2D eigenvalue weighted by Crippen LogP contribution is -2.45. The zero-order chi connectivity index (χ0) is 16.7. The van der Waals surface area contributed by atoms with Gasteiger partial charge in [0.2, 0.25) is 5.91 Å². The summed E-state index contributed by atoms with van der Waals surface area (Å²) in [7, 11) is 0. The molecule has 116 valence electrons. The van der Waals surface area contributed by atoms with Crippen molar-refractivity contribution in [3.05, 3.63) is 29.8 Å². The van der Waals surface area contributed by atoms with Crippen molar-refractivity contribution in [3.8, 4) is 6.07 Å². The molecule has 0 aliphatic rings. The molecule has 7 nitrogen and oxygen atoms in total. The fourth-order valence-corrected chi connectivity index (χ4v) is 1.84. The minimum Gasteiger partial charge on any atom is -0.480 e. The summed E-state index contributed by atoms with van der Waals surface area (Å²) in [4.78, 5) is 34.2. The lowest BCUT2D eigenvalue weighted by atomic mass is 9.98. The van der Waals surface area contributed by atoms with Crippen LogP contribution in [0.4, 0.5) is 5.69 Å². The second-order valence-corrected chi connectivity index (χ2v) is 4.89. The van der Waals surface area contributed by atoms with E-state index in [1.807, 2.05) is 6.07 Å². The van der Waals surface area contributed by atoms with Crippen molar-refractivity contribution in [2.45, 2.75) is 26.3 Å². The summed E-state index contributed by atoms with van der Waals surface area (Å²) >= 11 is 0. The molecule has 0 heterocycles. The molecule has 7 heteroatoms. The Balaban J connectivity index is 2.80. The van der Waals surface area contributed by atoms with Gasteiger partial charge in [-0.3, -0.25) is 9.59 Å². The zero-order valence-corrected chi connectivity index (χ0v) is 12.3. The Bertz CT molecular complexity index is 604. The van der Waals surface area contributed by atoms with Crippen molar-refractivity contribution in [1.82, 2.24) is 5.32 Å². The zero-order valence-electron chi connectivity index (χ0n) is 12.3. The topological polar surface area (TPSA) is 119 Å². The van der Waals surface area contributed by atoms with Crippen LogP contribution in [0.5, 0.6) is 0 Å². The average molecular weight is 303 g/mol. The van der Waals surface area contributed by atoms with Gasteiger partial charge in [0.25, 0.3) is 5.91 Å². The molecule has 0 bridgehead atoms. The highest BCUT2D eigenvalue weighted by Gasteiger charge is 2.26. The van der Waals surface area contributed by atoms with E-state index in [2.05, 4.69) is 10.6 Å². The Hall–Kier alpha value is -2.88. The van der Waals surface area contributed by atoms with Crippen LogP contribution in [-0.4, -0.2) is 28.9 Å². The first-order valence-corrected chi connectivity index (χ1v) is 6.63. The number of carboxylic acids is 1. The van der Waals surface area contributed by atoms with E-state index >= 15 is 0 Å². The van der Waals surface area contributed by atoms with E-state index in [9.17, 15) is 14.4 Å². The Labute approximate surface area is 127 Å². The van der Waals surface area contributed by atoms with Crippen molar-refractivity contribution in [2.75, 3.05) is 5.32 Å². The monoisotopic (exact) mass is 303 g/mol. The van der Waals surface area contributed by atoms with Gasteiger partial charge in [-0.15, -0.1) is 0 Å². The Morgan fingerprint density at radius 3 is 2.32 bits per heavy atom.